The smallest absolute Gasteiger partial charge is 0.122 e. The summed E-state index contributed by atoms with van der Waals surface area (Å²) >= 11 is 0. The van der Waals surface area contributed by atoms with E-state index in [4.69, 9.17) is 9.15 Å². The molecule has 1 N–H and O–H groups in total. The van der Waals surface area contributed by atoms with Crippen LogP contribution in [-0.2, 0) is 17.8 Å². The van der Waals surface area contributed by atoms with Crippen molar-refractivity contribution in [3.05, 3.63) is 23.7 Å². The summed E-state index contributed by atoms with van der Waals surface area (Å²) in [5, 5.41) is 3.47. The van der Waals surface area contributed by atoms with Crippen LogP contribution in [0.5, 0.6) is 0 Å². The molecule has 1 aromatic heterocycles. The third-order valence-electron chi connectivity index (χ3n) is 3.39. The number of hydrogen-bond acceptors (Lipinski definition) is 4. The lowest BCUT2D eigenvalue weighted by Gasteiger charge is -2.18. The molecule has 2 heterocycles. The van der Waals surface area contributed by atoms with Gasteiger partial charge in [0.05, 0.1) is 19.4 Å². The van der Waals surface area contributed by atoms with E-state index in [1.54, 1.807) is 6.26 Å². The van der Waals surface area contributed by atoms with Crippen LogP contribution in [0.4, 0.5) is 0 Å². The molecule has 0 saturated carbocycles. The summed E-state index contributed by atoms with van der Waals surface area (Å²) in [6.45, 7) is 11.1. The maximum Gasteiger partial charge on any atom is 0.122 e. The molecule has 0 atom stereocenters. The van der Waals surface area contributed by atoms with Gasteiger partial charge in [0.1, 0.15) is 5.76 Å². The monoisotopic (exact) mass is 266 g/mol. The molecule has 0 spiro atoms. The van der Waals surface area contributed by atoms with E-state index in [2.05, 4.69) is 30.1 Å². The Morgan fingerprint density at radius 3 is 3.05 bits per heavy atom. The van der Waals surface area contributed by atoms with Gasteiger partial charge in [-0.25, -0.2) is 0 Å². The van der Waals surface area contributed by atoms with Gasteiger partial charge >= 0.3 is 0 Å². The Morgan fingerprint density at radius 2 is 2.21 bits per heavy atom. The van der Waals surface area contributed by atoms with Crippen molar-refractivity contribution < 1.29 is 9.15 Å². The molecule has 4 nitrogen and oxygen atoms in total. The van der Waals surface area contributed by atoms with Crippen LogP contribution in [0.2, 0.25) is 0 Å². The second-order valence-corrected chi connectivity index (χ2v) is 5.64. The average Bonchev–Trinajstić information content (AvgIpc) is 2.64. The van der Waals surface area contributed by atoms with Crippen LogP contribution in [0, 0.1) is 5.92 Å². The van der Waals surface area contributed by atoms with Crippen molar-refractivity contribution in [2.45, 2.75) is 33.4 Å². The van der Waals surface area contributed by atoms with Gasteiger partial charge in [0.2, 0.25) is 0 Å². The second kappa shape index (κ2) is 7.68. The second-order valence-electron chi connectivity index (χ2n) is 5.64. The van der Waals surface area contributed by atoms with Gasteiger partial charge < -0.3 is 14.5 Å². The summed E-state index contributed by atoms with van der Waals surface area (Å²) in [6, 6.07) is 2.08. The van der Waals surface area contributed by atoms with Crippen molar-refractivity contribution in [2.75, 3.05) is 32.8 Å². The lowest BCUT2D eigenvalue weighted by atomic mass is 10.2. The zero-order valence-corrected chi connectivity index (χ0v) is 12.2. The van der Waals surface area contributed by atoms with E-state index in [0.717, 1.165) is 58.1 Å². The molecule has 0 unspecified atom stereocenters. The Bertz CT molecular complexity index is 355. The molecule has 0 amide bonds. The van der Waals surface area contributed by atoms with Gasteiger partial charge in [-0.2, -0.15) is 0 Å². The fraction of sp³-hybridized carbons (Fsp3) is 0.733. The molecular weight excluding hydrogens is 240 g/mol. The molecule has 0 bridgehead atoms. The maximum atomic E-state index is 5.64. The summed E-state index contributed by atoms with van der Waals surface area (Å²) < 4.78 is 11.1. The molecular formula is C15H26N2O2. The van der Waals surface area contributed by atoms with Gasteiger partial charge in [-0.3, -0.25) is 4.90 Å². The average molecular weight is 266 g/mol. The number of nitrogens with one attached hydrogen (secondary N) is 1. The van der Waals surface area contributed by atoms with Crippen LogP contribution in [0.1, 0.15) is 31.6 Å². The van der Waals surface area contributed by atoms with Gasteiger partial charge in [-0.15, -0.1) is 0 Å². The van der Waals surface area contributed by atoms with E-state index in [-0.39, 0.29) is 0 Å². The Hall–Kier alpha value is -0.840. The Balaban J connectivity index is 1.84. The van der Waals surface area contributed by atoms with Crippen molar-refractivity contribution in [3.63, 3.8) is 0 Å². The lowest BCUT2D eigenvalue weighted by molar-refractivity contribution is 0.139. The minimum absolute atomic E-state index is 0.679. The first kappa shape index (κ1) is 14.6. The first-order chi connectivity index (χ1) is 9.25. The van der Waals surface area contributed by atoms with Gasteiger partial charge in [0, 0.05) is 31.8 Å². The largest absolute Gasteiger partial charge is 0.468 e. The predicted octanol–water partition coefficient (Wildman–Crippen LogP) is 2.25. The van der Waals surface area contributed by atoms with Crippen molar-refractivity contribution in [2.24, 2.45) is 5.92 Å². The highest BCUT2D eigenvalue weighted by Crippen LogP contribution is 2.14. The predicted molar refractivity (Wildman–Crippen MR) is 76.0 cm³/mol. The molecule has 108 valence electrons. The molecule has 1 aliphatic rings. The third-order valence-corrected chi connectivity index (χ3v) is 3.39. The number of furan rings is 1. The Kier molecular flexibility index (Phi) is 5.89. The van der Waals surface area contributed by atoms with E-state index >= 15 is 0 Å². The maximum absolute atomic E-state index is 5.64. The molecule has 0 aliphatic carbocycles. The van der Waals surface area contributed by atoms with Crippen molar-refractivity contribution in [1.82, 2.24) is 10.2 Å². The Labute approximate surface area is 116 Å². The van der Waals surface area contributed by atoms with Crippen LogP contribution >= 0.6 is 0 Å². The van der Waals surface area contributed by atoms with Gasteiger partial charge in [0.15, 0.2) is 0 Å². The van der Waals surface area contributed by atoms with Gasteiger partial charge in [-0.05, 0) is 24.9 Å². The molecule has 0 aromatic carbocycles. The van der Waals surface area contributed by atoms with Crippen LogP contribution in [-0.4, -0.2) is 37.7 Å². The van der Waals surface area contributed by atoms with E-state index in [1.807, 2.05) is 0 Å². The summed E-state index contributed by atoms with van der Waals surface area (Å²) in [5.41, 5.74) is 1.28. The van der Waals surface area contributed by atoms with Crippen molar-refractivity contribution in [1.29, 1.82) is 0 Å². The summed E-state index contributed by atoms with van der Waals surface area (Å²) in [7, 11) is 0. The van der Waals surface area contributed by atoms with Crippen LogP contribution in [0.15, 0.2) is 16.7 Å². The van der Waals surface area contributed by atoms with Gasteiger partial charge in [0.25, 0.3) is 0 Å². The Morgan fingerprint density at radius 1 is 1.32 bits per heavy atom. The fourth-order valence-corrected chi connectivity index (χ4v) is 2.32. The van der Waals surface area contributed by atoms with E-state index in [9.17, 15) is 0 Å². The van der Waals surface area contributed by atoms with Crippen molar-refractivity contribution >= 4 is 0 Å². The van der Waals surface area contributed by atoms with Crippen LogP contribution in [0.3, 0.4) is 0 Å². The van der Waals surface area contributed by atoms with Gasteiger partial charge in [-0.1, -0.05) is 13.8 Å². The topological polar surface area (TPSA) is 37.6 Å². The third kappa shape index (κ3) is 4.97. The summed E-state index contributed by atoms with van der Waals surface area (Å²) in [4.78, 5) is 2.41. The first-order valence-electron chi connectivity index (χ1n) is 7.32. The molecule has 0 radical (unpaired) electrons. The zero-order chi connectivity index (χ0) is 13.5. The molecule has 1 aliphatic heterocycles. The molecule has 2 rings (SSSR count). The van der Waals surface area contributed by atoms with Crippen LogP contribution < -0.4 is 5.32 Å². The lowest BCUT2D eigenvalue weighted by Crippen LogP contribution is -2.26. The highest BCUT2D eigenvalue weighted by molar-refractivity contribution is 5.16. The first-order valence-corrected chi connectivity index (χ1v) is 7.32. The van der Waals surface area contributed by atoms with E-state index < -0.39 is 0 Å². The number of hydrogen-bond donors (Lipinski definition) is 1. The molecule has 4 heteroatoms. The highest BCUT2D eigenvalue weighted by atomic mass is 16.5. The normalized spacial score (nSPS) is 17.8. The summed E-state index contributed by atoms with van der Waals surface area (Å²) in [6.07, 6.45) is 2.91. The van der Waals surface area contributed by atoms with E-state index in [0.29, 0.717) is 5.92 Å². The number of nitrogens with zero attached hydrogens (tertiary/aromatic N) is 1. The van der Waals surface area contributed by atoms with Crippen molar-refractivity contribution in [3.8, 4) is 0 Å². The molecule has 1 saturated heterocycles. The highest BCUT2D eigenvalue weighted by Gasteiger charge is 2.14. The minimum atomic E-state index is 0.679. The van der Waals surface area contributed by atoms with Crippen LogP contribution in [0.25, 0.3) is 0 Å². The minimum Gasteiger partial charge on any atom is -0.468 e. The zero-order valence-electron chi connectivity index (χ0n) is 12.2. The quantitative estimate of drug-likeness (QED) is 0.857. The molecule has 19 heavy (non-hydrogen) atoms. The summed E-state index contributed by atoms with van der Waals surface area (Å²) in [5.74, 6) is 1.77. The molecule has 1 aromatic rings. The van der Waals surface area contributed by atoms with E-state index in [1.165, 1.54) is 5.56 Å². The fourth-order valence-electron chi connectivity index (χ4n) is 2.32. The molecule has 1 fully saturated rings. The number of ether oxygens (including phenoxy) is 1. The SMILES string of the molecule is CC(C)CNCc1ccoc1CN1CCCOCC1. The standard InChI is InChI=1S/C15H26N2O2/c1-13(2)10-16-11-14-4-8-19-15(14)12-17-5-3-7-18-9-6-17/h4,8,13,16H,3,5-7,9-12H2,1-2H3. The number of rotatable bonds is 6.